The molecular weight excluding hydrogens is 415 g/mol. The molecule has 0 bridgehead atoms. The van der Waals surface area contributed by atoms with Crippen LogP contribution in [0.5, 0.6) is 0 Å². The highest BCUT2D eigenvalue weighted by Gasteiger charge is 2.22. The normalized spacial score (nSPS) is 12.1. The summed E-state index contributed by atoms with van der Waals surface area (Å²) in [5, 5.41) is 11.4. The quantitative estimate of drug-likeness (QED) is 0.391. The SMILES string of the molecule is CC(=O)c1ccc(NC(=O)C(C)Sc2nnc(-c3ccccc3F)n2CC(C)C)cc1. The van der Waals surface area contributed by atoms with Gasteiger partial charge >= 0.3 is 0 Å². The zero-order chi connectivity index (χ0) is 22.5. The van der Waals surface area contributed by atoms with E-state index in [1.54, 1.807) is 49.4 Å². The van der Waals surface area contributed by atoms with E-state index in [4.69, 9.17) is 0 Å². The van der Waals surface area contributed by atoms with E-state index in [-0.39, 0.29) is 23.4 Å². The van der Waals surface area contributed by atoms with Gasteiger partial charge in [0, 0.05) is 17.8 Å². The predicted molar refractivity (Wildman–Crippen MR) is 121 cm³/mol. The summed E-state index contributed by atoms with van der Waals surface area (Å²) in [6.45, 7) is 7.98. The number of rotatable bonds is 8. The molecule has 1 N–H and O–H groups in total. The summed E-state index contributed by atoms with van der Waals surface area (Å²) < 4.78 is 16.2. The molecule has 0 aliphatic heterocycles. The number of anilines is 1. The monoisotopic (exact) mass is 440 g/mol. The number of Topliss-reactive ketones (excluding diaryl/α,β-unsaturated/α-hetero) is 1. The van der Waals surface area contributed by atoms with Gasteiger partial charge in [-0.15, -0.1) is 10.2 Å². The molecule has 8 heteroatoms. The maximum atomic E-state index is 14.3. The van der Waals surface area contributed by atoms with Gasteiger partial charge in [-0.05, 0) is 56.2 Å². The van der Waals surface area contributed by atoms with Gasteiger partial charge in [-0.2, -0.15) is 0 Å². The molecule has 31 heavy (non-hydrogen) atoms. The molecule has 162 valence electrons. The maximum Gasteiger partial charge on any atom is 0.237 e. The number of ketones is 1. The Balaban J connectivity index is 1.78. The highest BCUT2D eigenvalue weighted by molar-refractivity contribution is 8.00. The fraction of sp³-hybridized carbons (Fsp3) is 0.304. The second-order valence-corrected chi connectivity index (χ2v) is 8.98. The van der Waals surface area contributed by atoms with Crippen molar-refractivity contribution < 1.29 is 14.0 Å². The van der Waals surface area contributed by atoms with Crippen molar-refractivity contribution in [1.82, 2.24) is 14.8 Å². The summed E-state index contributed by atoms with van der Waals surface area (Å²) in [5.74, 6) is 0.131. The average Bonchev–Trinajstić information content (AvgIpc) is 3.10. The molecule has 1 amide bonds. The number of carbonyl (C=O) groups excluding carboxylic acids is 2. The third kappa shape index (κ3) is 5.58. The number of amides is 1. The summed E-state index contributed by atoms with van der Waals surface area (Å²) >= 11 is 1.27. The Kier molecular flexibility index (Phi) is 7.22. The number of thioether (sulfide) groups is 1. The van der Waals surface area contributed by atoms with Gasteiger partial charge in [-0.25, -0.2) is 4.39 Å². The second-order valence-electron chi connectivity index (χ2n) is 7.67. The van der Waals surface area contributed by atoms with Crippen LogP contribution in [0, 0.1) is 11.7 Å². The number of halogens is 1. The molecule has 0 radical (unpaired) electrons. The van der Waals surface area contributed by atoms with Gasteiger partial charge in [-0.3, -0.25) is 9.59 Å². The van der Waals surface area contributed by atoms with Gasteiger partial charge in [0.25, 0.3) is 0 Å². The highest BCUT2D eigenvalue weighted by atomic mass is 32.2. The van der Waals surface area contributed by atoms with Crippen LogP contribution in [0.4, 0.5) is 10.1 Å². The van der Waals surface area contributed by atoms with Crippen molar-refractivity contribution >= 4 is 29.1 Å². The Morgan fingerprint density at radius 1 is 1.06 bits per heavy atom. The van der Waals surface area contributed by atoms with Crippen LogP contribution in [0.15, 0.2) is 53.7 Å². The molecular formula is C23H25FN4O2S. The molecule has 0 aliphatic rings. The summed E-state index contributed by atoms with van der Waals surface area (Å²) in [6.07, 6.45) is 0. The Labute approximate surface area is 185 Å². The van der Waals surface area contributed by atoms with E-state index in [1.807, 2.05) is 4.57 Å². The number of nitrogens with zero attached hydrogens (tertiary/aromatic N) is 3. The largest absolute Gasteiger partial charge is 0.325 e. The highest BCUT2D eigenvalue weighted by Crippen LogP contribution is 2.29. The lowest BCUT2D eigenvalue weighted by Crippen LogP contribution is -2.23. The zero-order valence-corrected chi connectivity index (χ0v) is 18.7. The number of benzene rings is 2. The lowest BCUT2D eigenvalue weighted by atomic mass is 10.1. The lowest BCUT2D eigenvalue weighted by Gasteiger charge is -2.15. The molecule has 6 nitrogen and oxygen atoms in total. The Morgan fingerprint density at radius 3 is 2.35 bits per heavy atom. The van der Waals surface area contributed by atoms with E-state index < -0.39 is 5.25 Å². The van der Waals surface area contributed by atoms with E-state index in [9.17, 15) is 14.0 Å². The Morgan fingerprint density at radius 2 is 1.74 bits per heavy atom. The first kappa shape index (κ1) is 22.7. The third-order valence-corrected chi connectivity index (χ3v) is 5.67. The fourth-order valence-corrected chi connectivity index (χ4v) is 3.85. The zero-order valence-electron chi connectivity index (χ0n) is 17.9. The predicted octanol–water partition coefficient (Wildman–Crippen LogP) is 5.06. The van der Waals surface area contributed by atoms with Crippen molar-refractivity contribution in [2.45, 2.75) is 44.6 Å². The number of carbonyl (C=O) groups is 2. The van der Waals surface area contributed by atoms with Gasteiger partial charge in [0.05, 0.1) is 10.8 Å². The molecule has 0 saturated carbocycles. The van der Waals surface area contributed by atoms with Gasteiger partial charge in [0.15, 0.2) is 16.8 Å². The van der Waals surface area contributed by atoms with Crippen molar-refractivity contribution in [3.05, 3.63) is 59.9 Å². The van der Waals surface area contributed by atoms with E-state index >= 15 is 0 Å². The molecule has 3 rings (SSSR count). The third-order valence-electron chi connectivity index (χ3n) is 4.59. The number of nitrogens with one attached hydrogen (secondary N) is 1. The van der Waals surface area contributed by atoms with Crippen molar-refractivity contribution in [3.63, 3.8) is 0 Å². The molecule has 2 aromatic carbocycles. The van der Waals surface area contributed by atoms with Gasteiger partial charge in [-0.1, -0.05) is 37.7 Å². The van der Waals surface area contributed by atoms with Crippen LogP contribution >= 0.6 is 11.8 Å². The first-order valence-electron chi connectivity index (χ1n) is 10.0. The van der Waals surface area contributed by atoms with Gasteiger partial charge in [0.1, 0.15) is 5.82 Å². The summed E-state index contributed by atoms with van der Waals surface area (Å²) in [7, 11) is 0. The Hall–Kier alpha value is -3.00. The molecule has 3 aromatic rings. The van der Waals surface area contributed by atoms with Crippen molar-refractivity contribution in [3.8, 4) is 11.4 Å². The smallest absolute Gasteiger partial charge is 0.237 e. The van der Waals surface area contributed by atoms with Crippen LogP contribution in [-0.4, -0.2) is 31.7 Å². The van der Waals surface area contributed by atoms with Gasteiger partial charge in [0.2, 0.25) is 5.91 Å². The minimum atomic E-state index is -0.462. The summed E-state index contributed by atoms with van der Waals surface area (Å²) in [5.41, 5.74) is 1.58. The Bertz CT molecular complexity index is 1080. The topological polar surface area (TPSA) is 76.9 Å². The van der Waals surface area contributed by atoms with E-state index in [2.05, 4.69) is 29.4 Å². The number of hydrogen-bond acceptors (Lipinski definition) is 5. The molecule has 0 spiro atoms. The van der Waals surface area contributed by atoms with Crippen LogP contribution < -0.4 is 5.32 Å². The molecule has 1 heterocycles. The molecule has 1 atom stereocenters. The minimum Gasteiger partial charge on any atom is -0.325 e. The van der Waals surface area contributed by atoms with E-state index in [0.29, 0.717) is 34.3 Å². The molecule has 0 aliphatic carbocycles. The number of aromatic nitrogens is 3. The lowest BCUT2D eigenvalue weighted by molar-refractivity contribution is -0.115. The minimum absolute atomic E-state index is 0.0306. The van der Waals surface area contributed by atoms with E-state index in [0.717, 1.165) is 0 Å². The first-order valence-corrected chi connectivity index (χ1v) is 10.9. The molecule has 1 unspecified atom stereocenters. The van der Waals surface area contributed by atoms with Crippen molar-refractivity contribution in [1.29, 1.82) is 0 Å². The van der Waals surface area contributed by atoms with Crippen molar-refractivity contribution in [2.75, 3.05) is 5.32 Å². The summed E-state index contributed by atoms with van der Waals surface area (Å²) in [4.78, 5) is 24.1. The maximum absolute atomic E-state index is 14.3. The summed E-state index contributed by atoms with van der Waals surface area (Å²) in [6, 6.07) is 13.2. The molecule has 1 aromatic heterocycles. The van der Waals surface area contributed by atoms with Crippen LogP contribution in [0.3, 0.4) is 0 Å². The van der Waals surface area contributed by atoms with Crippen LogP contribution in [0.25, 0.3) is 11.4 Å². The molecule has 0 fully saturated rings. The van der Waals surface area contributed by atoms with Crippen molar-refractivity contribution in [2.24, 2.45) is 5.92 Å². The van der Waals surface area contributed by atoms with Gasteiger partial charge < -0.3 is 9.88 Å². The van der Waals surface area contributed by atoms with Crippen LogP contribution in [-0.2, 0) is 11.3 Å². The second kappa shape index (κ2) is 9.87. The van der Waals surface area contributed by atoms with Crippen LogP contribution in [0.2, 0.25) is 0 Å². The average molecular weight is 441 g/mol. The number of hydrogen-bond donors (Lipinski definition) is 1. The standard InChI is InChI=1S/C23H25FN4O2S/c1-14(2)13-28-21(19-7-5-6-8-20(19)24)26-27-23(28)31-16(4)22(30)25-18-11-9-17(10-12-18)15(3)29/h5-12,14,16H,13H2,1-4H3,(H,25,30). The fourth-order valence-electron chi connectivity index (χ4n) is 2.99. The van der Waals surface area contributed by atoms with E-state index in [1.165, 1.54) is 24.8 Å². The van der Waals surface area contributed by atoms with Crippen LogP contribution in [0.1, 0.15) is 38.1 Å². The first-order chi connectivity index (χ1) is 14.8. The molecule has 0 saturated heterocycles.